The summed E-state index contributed by atoms with van der Waals surface area (Å²) in [5, 5.41) is 50.2. The molecule has 0 spiro atoms. The molecule has 1 saturated carbocycles. The van der Waals surface area contributed by atoms with Crippen LogP contribution in [0.5, 0.6) is 0 Å². The van der Waals surface area contributed by atoms with Crippen molar-refractivity contribution in [1.82, 2.24) is 0 Å². The van der Waals surface area contributed by atoms with Crippen LogP contribution in [0.2, 0.25) is 0 Å². The van der Waals surface area contributed by atoms with Crippen molar-refractivity contribution in [3.05, 3.63) is 36.5 Å². The van der Waals surface area contributed by atoms with Gasteiger partial charge in [0, 0.05) is 13.0 Å². The number of phosphoric acid groups is 1. The van der Waals surface area contributed by atoms with E-state index in [4.69, 9.17) is 18.5 Å². The minimum atomic E-state index is -5.02. The van der Waals surface area contributed by atoms with Crippen molar-refractivity contribution < 1.29 is 58.3 Å². The summed E-state index contributed by atoms with van der Waals surface area (Å²) < 4.78 is 34.2. The zero-order chi connectivity index (χ0) is 44.1. The van der Waals surface area contributed by atoms with Gasteiger partial charge in [0.25, 0.3) is 0 Å². The number of carbonyl (C=O) groups excluding carboxylic acids is 1. The molecular weight excluding hydrogens is 787 g/mol. The fraction of sp³-hybridized carbons (Fsp3) is 0.851. The molecule has 12 nitrogen and oxygen atoms in total. The van der Waals surface area contributed by atoms with Crippen molar-refractivity contribution in [2.45, 2.75) is 236 Å². The monoisotopic (exact) mass is 875 g/mol. The number of ether oxygens (including phenoxy) is 2. The van der Waals surface area contributed by atoms with Crippen LogP contribution >= 0.6 is 7.82 Å². The Kier molecular flexibility index (Phi) is 35.9. The van der Waals surface area contributed by atoms with Gasteiger partial charge in [-0.2, -0.15) is 0 Å². The van der Waals surface area contributed by atoms with Gasteiger partial charge >= 0.3 is 13.8 Å². The van der Waals surface area contributed by atoms with Gasteiger partial charge in [0.2, 0.25) is 0 Å². The SMILES string of the molecule is CC/C=C\C/C=C\C/C=C\CCCCCCOCC(COP(=O)(O)OC1C(O)C(O)C(O)C(O)C1O)OC(=O)CCCCCCCCCCCCCCCCCCCCC. The van der Waals surface area contributed by atoms with Gasteiger partial charge in [-0.1, -0.05) is 179 Å². The summed E-state index contributed by atoms with van der Waals surface area (Å²) in [6.45, 7) is 4.11. The van der Waals surface area contributed by atoms with Crippen LogP contribution in [0.25, 0.3) is 0 Å². The minimum absolute atomic E-state index is 0.0896. The van der Waals surface area contributed by atoms with Crippen LogP contribution in [0, 0.1) is 0 Å². The second-order valence-electron chi connectivity index (χ2n) is 16.6. The van der Waals surface area contributed by atoms with Gasteiger partial charge < -0.3 is 39.9 Å². The topological polar surface area (TPSA) is 192 Å². The second kappa shape index (κ2) is 38.1. The van der Waals surface area contributed by atoms with Gasteiger partial charge in [0.15, 0.2) is 0 Å². The number of allylic oxidation sites excluding steroid dienone is 6. The van der Waals surface area contributed by atoms with Crippen LogP contribution < -0.4 is 0 Å². The number of carbonyl (C=O) groups is 1. The minimum Gasteiger partial charge on any atom is -0.457 e. The maximum atomic E-state index is 12.8. The molecule has 1 fully saturated rings. The Labute approximate surface area is 363 Å². The van der Waals surface area contributed by atoms with Crippen LogP contribution in [0.1, 0.15) is 194 Å². The van der Waals surface area contributed by atoms with Crippen molar-refractivity contribution in [1.29, 1.82) is 0 Å². The van der Waals surface area contributed by atoms with E-state index in [-0.39, 0.29) is 13.0 Å². The summed E-state index contributed by atoms with van der Waals surface area (Å²) in [6.07, 6.45) is 32.2. The Morgan fingerprint density at radius 1 is 0.550 bits per heavy atom. The Morgan fingerprint density at radius 2 is 0.983 bits per heavy atom. The smallest absolute Gasteiger partial charge is 0.457 e. The molecule has 13 heteroatoms. The second-order valence-corrected chi connectivity index (χ2v) is 18.0. The van der Waals surface area contributed by atoms with Crippen LogP contribution in [0.3, 0.4) is 0 Å². The molecule has 0 amide bonds. The zero-order valence-electron chi connectivity index (χ0n) is 37.5. The lowest BCUT2D eigenvalue weighted by Gasteiger charge is -2.41. The van der Waals surface area contributed by atoms with E-state index in [1.165, 1.54) is 96.3 Å². The number of esters is 1. The number of aliphatic hydroxyl groups is 5. The lowest BCUT2D eigenvalue weighted by atomic mass is 9.85. The molecule has 6 N–H and O–H groups in total. The Morgan fingerprint density at radius 3 is 1.50 bits per heavy atom. The summed E-state index contributed by atoms with van der Waals surface area (Å²) in [7, 11) is -5.02. The van der Waals surface area contributed by atoms with Crippen molar-refractivity contribution >= 4 is 13.8 Å². The standard InChI is InChI=1S/C47H87O12P/c1-3-5-7-9-11-13-15-17-19-20-21-22-23-24-26-28-30-32-34-36-41(48)58-40(38-56-37-35-33-31-29-27-25-18-16-14-12-10-8-6-4-2)39-57-60(54,55)59-47-45(52)43(50)42(49)44(51)46(47)53/h6,8,12,14,18,25,40,42-47,49-53H,3-5,7,9-11,13,15-17,19-24,26-39H2,1-2H3,(H,54,55)/b8-6-,14-12-,25-18-. The van der Waals surface area contributed by atoms with Crippen LogP contribution in [0.4, 0.5) is 0 Å². The summed E-state index contributed by atoms with van der Waals surface area (Å²) in [6, 6.07) is 0. The fourth-order valence-electron chi connectivity index (χ4n) is 7.25. The summed E-state index contributed by atoms with van der Waals surface area (Å²) in [4.78, 5) is 23.2. The average molecular weight is 875 g/mol. The number of aliphatic hydroxyl groups excluding tert-OH is 5. The number of unbranched alkanes of at least 4 members (excludes halogenated alkanes) is 22. The predicted molar refractivity (Wildman–Crippen MR) is 239 cm³/mol. The van der Waals surface area contributed by atoms with E-state index in [0.717, 1.165) is 70.6 Å². The highest BCUT2D eigenvalue weighted by Crippen LogP contribution is 2.47. The van der Waals surface area contributed by atoms with E-state index in [2.05, 4.69) is 50.3 Å². The Bertz CT molecular complexity index is 1130. The lowest BCUT2D eigenvalue weighted by molar-refractivity contribution is -0.220. The molecule has 1 aliphatic rings. The molecule has 0 heterocycles. The average Bonchev–Trinajstić information content (AvgIpc) is 3.23. The molecule has 0 radical (unpaired) electrons. The Balaban J connectivity index is 2.37. The van der Waals surface area contributed by atoms with Crippen LogP contribution in [-0.2, 0) is 27.9 Å². The molecular formula is C47H87O12P. The van der Waals surface area contributed by atoms with Gasteiger partial charge in [-0.25, -0.2) is 4.57 Å². The normalized spacial score (nSPS) is 22.6. The highest BCUT2D eigenvalue weighted by atomic mass is 31.2. The third kappa shape index (κ3) is 29.8. The molecule has 352 valence electrons. The van der Waals surface area contributed by atoms with Gasteiger partial charge in [0.05, 0.1) is 13.2 Å². The van der Waals surface area contributed by atoms with E-state index >= 15 is 0 Å². The Hall–Kier alpha value is -1.44. The fourth-order valence-corrected chi connectivity index (χ4v) is 8.23. The molecule has 0 aliphatic heterocycles. The van der Waals surface area contributed by atoms with Crippen molar-refractivity contribution in [2.24, 2.45) is 0 Å². The predicted octanol–water partition coefficient (Wildman–Crippen LogP) is 9.87. The molecule has 0 bridgehead atoms. The number of hydrogen-bond acceptors (Lipinski definition) is 11. The van der Waals surface area contributed by atoms with Gasteiger partial charge in [0.1, 0.15) is 42.7 Å². The third-order valence-electron chi connectivity index (χ3n) is 11.0. The zero-order valence-corrected chi connectivity index (χ0v) is 38.4. The van der Waals surface area contributed by atoms with Gasteiger partial charge in [-0.15, -0.1) is 0 Å². The van der Waals surface area contributed by atoms with E-state index in [9.17, 15) is 39.8 Å². The molecule has 1 aliphatic carbocycles. The van der Waals surface area contributed by atoms with Crippen LogP contribution in [0.15, 0.2) is 36.5 Å². The van der Waals surface area contributed by atoms with Gasteiger partial charge in [-0.05, 0) is 44.9 Å². The molecule has 0 aromatic heterocycles. The quantitative estimate of drug-likeness (QED) is 0.0148. The number of rotatable bonds is 40. The van der Waals surface area contributed by atoms with Gasteiger partial charge in [-0.3, -0.25) is 13.8 Å². The first-order chi connectivity index (χ1) is 29.0. The van der Waals surface area contributed by atoms with E-state index in [0.29, 0.717) is 13.0 Å². The van der Waals surface area contributed by atoms with E-state index in [1.54, 1.807) is 0 Å². The first-order valence-electron chi connectivity index (χ1n) is 23.8. The van der Waals surface area contributed by atoms with Crippen LogP contribution in [-0.4, -0.2) is 98.9 Å². The molecule has 60 heavy (non-hydrogen) atoms. The van der Waals surface area contributed by atoms with E-state index < -0.39 is 63.1 Å². The summed E-state index contributed by atoms with van der Waals surface area (Å²) in [5.74, 6) is -0.483. The molecule has 0 aromatic carbocycles. The third-order valence-corrected chi connectivity index (χ3v) is 12.0. The summed E-state index contributed by atoms with van der Waals surface area (Å²) >= 11 is 0. The largest absolute Gasteiger partial charge is 0.472 e. The number of hydrogen-bond donors (Lipinski definition) is 6. The van der Waals surface area contributed by atoms with E-state index in [1.807, 2.05) is 0 Å². The summed E-state index contributed by atoms with van der Waals surface area (Å²) in [5.41, 5.74) is 0. The molecule has 6 unspecified atom stereocenters. The number of phosphoric ester groups is 1. The van der Waals surface area contributed by atoms with Crippen molar-refractivity contribution in [2.75, 3.05) is 19.8 Å². The van der Waals surface area contributed by atoms with Crippen molar-refractivity contribution in [3.63, 3.8) is 0 Å². The molecule has 6 atom stereocenters. The first kappa shape index (κ1) is 56.6. The van der Waals surface area contributed by atoms with Crippen molar-refractivity contribution in [3.8, 4) is 0 Å². The lowest BCUT2D eigenvalue weighted by Crippen LogP contribution is -2.64. The molecule has 1 rings (SSSR count). The molecule has 0 saturated heterocycles. The molecule has 0 aromatic rings. The first-order valence-corrected chi connectivity index (χ1v) is 25.3. The maximum Gasteiger partial charge on any atom is 0.472 e. The highest BCUT2D eigenvalue weighted by Gasteiger charge is 2.51. The highest BCUT2D eigenvalue weighted by molar-refractivity contribution is 7.47. The maximum absolute atomic E-state index is 12.8.